The summed E-state index contributed by atoms with van der Waals surface area (Å²) in [5, 5.41) is 9.21. The van der Waals surface area contributed by atoms with Crippen LogP contribution in [0.15, 0.2) is 29.2 Å². The van der Waals surface area contributed by atoms with Gasteiger partial charge in [0.05, 0.1) is 17.1 Å². The highest BCUT2D eigenvalue weighted by atomic mass is 32.2. The van der Waals surface area contributed by atoms with Gasteiger partial charge in [-0.2, -0.15) is 9.57 Å². The van der Waals surface area contributed by atoms with Crippen LogP contribution >= 0.6 is 0 Å². The third kappa shape index (κ3) is 3.82. The first kappa shape index (κ1) is 21.4. The fourth-order valence-corrected chi connectivity index (χ4v) is 5.93. The SMILES string of the molecule is N#Cc1ccccc1S(=O)(=O)N1CCN(CN2C(=O)C(=O)N(C3CCCC3)C2=O)CC1. The van der Waals surface area contributed by atoms with Gasteiger partial charge in [-0.1, -0.05) is 25.0 Å². The number of amides is 4. The summed E-state index contributed by atoms with van der Waals surface area (Å²) in [6, 6.07) is 7.15. The van der Waals surface area contributed by atoms with E-state index in [1.54, 1.807) is 17.0 Å². The zero-order chi connectivity index (χ0) is 22.2. The molecule has 0 N–H and O–H groups in total. The second kappa shape index (κ2) is 8.37. The van der Waals surface area contributed by atoms with Gasteiger partial charge in [0.25, 0.3) is 0 Å². The number of nitrogens with zero attached hydrogens (tertiary/aromatic N) is 5. The second-order valence-electron chi connectivity index (χ2n) is 7.90. The molecule has 1 saturated carbocycles. The van der Waals surface area contributed by atoms with Crippen LogP contribution in [0.2, 0.25) is 0 Å². The van der Waals surface area contributed by atoms with Crippen molar-refractivity contribution in [3.63, 3.8) is 0 Å². The van der Waals surface area contributed by atoms with Crippen LogP contribution in [0.1, 0.15) is 31.2 Å². The smallest absolute Gasteiger partial charge is 0.283 e. The van der Waals surface area contributed by atoms with Gasteiger partial charge in [0.2, 0.25) is 10.0 Å². The highest BCUT2D eigenvalue weighted by Gasteiger charge is 2.48. The summed E-state index contributed by atoms with van der Waals surface area (Å²) < 4.78 is 27.2. The molecular formula is C20H23N5O5S. The predicted octanol–water partition coefficient (Wildman–Crippen LogP) is 0.555. The minimum absolute atomic E-state index is 0.0337. The zero-order valence-corrected chi connectivity index (χ0v) is 17.8. The van der Waals surface area contributed by atoms with E-state index in [-0.39, 0.29) is 36.3 Å². The summed E-state index contributed by atoms with van der Waals surface area (Å²) in [5.74, 6) is -1.60. The molecule has 0 bridgehead atoms. The molecule has 31 heavy (non-hydrogen) atoms. The Balaban J connectivity index is 1.40. The van der Waals surface area contributed by atoms with Crippen molar-refractivity contribution in [2.24, 2.45) is 0 Å². The van der Waals surface area contributed by atoms with Gasteiger partial charge in [-0.15, -0.1) is 0 Å². The average Bonchev–Trinajstić information content (AvgIpc) is 3.37. The molecule has 10 nitrogen and oxygen atoms in total. The van der Waals surface area contributed by atoms with E-state index in [0.717, 1.165) is 35.5 Å². The molecule has 0 spiro atoms. The molecule has 1 aromatic rings. The molecule has 164 valence electrons. The zero-order valence-electron chi connectivity index (χ0n) is 16.9. The van der Waals surface area contributed by atoms with Crippen LogP contribution in [0.3, 0.4) is 0 Å². The van der Waals surface area contributed by atoms with E-state index in [0.29, 0.717) is 13.1 Å². The number of imide groups is 2. The molecule has 0 radical (unpaired) electrons. The lowest BCUT2D eigenvalue weighted by molar-refractivity contribution is -0.144. The molecule has 1 aromatic carbocycles. The van der Waals surface area contributed by atoms with Crippen LogP contribution in [0.25, 0.3) is 0 Å². The second-order valence-corrected chi connectivity index (χ2v) is 9.81. The number of hydrogen-bond acceptors (Lipinski definition) is 7. The first-order valence-corrected chi connectivity index (χ1v) is 11.7. The van der Waals surface area contributed by atoms with Gasteiger partial charge in [0.1, 0.15) is 6.07 Å². The number of urea groups is 1. The fourth-order valence-electron chi connectivity index (χ4n) is 4.37. The number of piperazine rings is 1. The fraction of sp³-hybridized carbons (Fsp3) is 0.500. The maximum Gasteiger partial charge on any atom is 0.335 e. The molecule has 0 atom stereocenters. The largest absolute Gasteiger partial charge is 0.335 e. The van der Waals surface area contributed by atoms with Crippen molar-refractivity contribution in [2.45, 2.75) is 36.6 Å². The summed E-state index contributed by atoms with van der Waals surface area (Å²) in [4.78, 5) is 41.2. The van der Waals surface area contributed by atoms with Gasteiger partial charge in [0, 0.05) is 32.2 Å². The van der Waals surface area contributed by atoms with Crippen molar-refractivity contribution in [1.82, 2.24) is 19.0 Å². The minimum atomic E-state index is -3.83. The molecule has 2 saturated heterocycles. The van der Waals surface area contributed by atoms with Crippen molar-refractivity contribution < 1.29 is 22.8 Å². The third-order valence-corrected chi connectivity index (χ3v) is 8.03. The van der Waals surface area contributed by atoms with Crippen LogP contribution < -0.4 is 0 Å². The summed E-state index contributed by atoms with van der Waals surface area (Å²) >= 11 is 0. The third-order valence-electron chi connectivity index (χ3n) is 6.07. The number of nitriles is 1. The minimum Gasteiger partial charge on any atom is -0.283 e. The Morgan fingerprint density at radius 1 is 0.968 bits per heavy atom. The van der Waals surface area contributed by atoms with Gasteiger partial charge in [-0.05, 0) is 25.0 Å². The van der Waals surface area contributed by atoms with E-state index in [1.165, 1.54) is 16.4 Å². The summed E-state index contributed by atoms with van der Waals surface area (Å²) in [6.45, 7) is 0.845. The van der Waals surface area contributed by atoms with Gasteiger partial charge < -0.3 is 0 Å². The number of sulfonamides is 1. The molecule has 0 aromatic heterocycles. The molecule has 11 heteroatoms. The van der Waals surface area contributed by atoms with Crippen LogP contribution in [0, 0.1) is 11.3 Å². The molecule has 2 heterocycles. The first-order valence-electron chi connectivity index (χ1n) is 10.2. The predicted molar refractivity (Wildman–Crippen MR) is 108 cm³/mol. The molecule has 0 unspecified atom stereocenters. The molecule has 3 aliphatic rings. The Bertz CT molecular complexity index is 1050. The van der Waals surface area contributed by atoms with Crippen molar-refractivity contribution in [3.8, 4) is 6.07 Å². The maximum atomic E-state index is 12.9. The highest BCUT2D eigenvalue weighted by molar-refractivity contribution is 7.89. The van der Waals surface area contributed by atoms with Crippen LogP contribution in [0.5, 0.6) is 0 Å². The summed E-state index contributed by atoms with van der Waals surface area (Å²) in [5.41, 5.74) is 0.0868. The number of rotatable bonds is 5. The van der Waals surface area contributed by atoms with E-state index >= 15 is 0 Å². The Morgan fingerprint density at radius 3 is 2.26 bits per heavy atom. The lowest BCUT2D eigenvalue weighted by Gasteiger charge is -2.35. The normalized spacial score (nSPS) is 21.8. The highest BCUT2D eigenvalue weighted by Crippen LogP contribution is 2.28. The van der Waals surface area contributed by atoms with Crippen LogP contribution in [-0.4, -0.2) is 84.2 Å². The quantitative estimate of drug-likeness (QED) is 0.479. The number of carbonyl (C=O) groups is 3. The van der Waals surface area contributed by atoms with Crippen molar-refractivity contribution in [1.29, 1.82) is 5.26 Å². The topological polar surface area (TPSA) is 122 Å². The lowest BCUT2D eigenvalue weighted by Crippen LogP contribution is -2.52. The van der Waals surface area contributed by atoms with Gasteiger partial charge in [-0.25, -0.2) is 18.1 Å². The average molecular weight is 446 g/mol. The molecule has 4 rings (SSSR count). The lowest BCUT2D eigenvalue weighted by atomic mass is 10.2. The first-order chi connectivity index (χ1) is 14.8. The van der Waals surface area contributed by atoms with Crippen LogP contribution in [0.4, 0.5) is 4.79 Å². The Morgan fingerprint density at radius 2 is 1.61 bits per heavy atom. The van der Waals surface area contributed by atoms with E-state index in [9.17, 15) is 28.1 Å². The molecular weight excluding hydrogens is 422 g/mol. The maximum absolute atomic E-state index is 12.9. The number of carbonyl (C=O) groups excluding carboxylic acids is 3. The monoisotopic (exact) mass is 445 g/mol. The molecule has 2 aliphatic heterocycles. The van der Waals surface area contributed by atoms with E-state index in [2.05, 4.69) is 0 Å². The van der Waals surface area contributed by atoms with Gasteiger partial charge in [0.15, 0.2) is 0 Å². The molecule has 4 amide bonds. The Hall–Kier alpha value is -2.81. The Labute approximate surface area is 180 Å². The summed E-state index contributed by atoms with van der Waals surface area (Å²) in [7, 11) is -3.83. The standard InChI is InChI=1S/C20H23N5O5S/c21-13-15-5-1-4-8-17(15)31(29,30)23-11-9-22(10-12-23)14-24-18(26)19(27)25(20(24)28)16-6-2-3-7-16/h1,4-5,8,16H,2-3,6-7,9-12,14H2. The van der Waals surface area contributed by atoms with Crippen molar-refractivity contribution in [2.75, 3.05) is 32.8 Å². The van der Waals surface area contributed by atoms with E-state index in [1.807, 2.05) is 6.07 Å². The van der Waals surface area contributed by atoms with Gasteiger partial charge in [-0.3, -0.25) is 19.4 Å². The van der Waals surface area contributed by atoms with E-state index < -0.39 is 27.9 Å². The van der Waals surface area contributed by atoms with Crippen LogP contribution in [-0.2, 0) is 19.6 Å². The van der Waals surface area contributed by atoms with Crippen molar-refractivity contribution in [3.05, 3.63) is 29.8 Å². The number of hydrogen-bond donors (Lipinski definition) is 0. The Kier molecular flexibility index (Phi) is 5.79. The van der Waals surface area contributed by atoms with E-state index in [4.69, 9.17) is 0 Å². The van der Waals surface area contributed by atoms with Crippen molar-refractivity contribution >= 4 is 27.9 Å². The summed E-state index contributed by atoms with van der Waals surface area (Å²) in [6.07, 6.45) is 3.31. The number of benzene rings is 1. The van der Waals surface area contributed by atoms with Gasteiger partial charge >= 0.3 is 17.8 Å². The molecule has 3 fully saturated rings. The molecule has 1 aliphatic carbocycles.